The summed E-state index contributed by atoms with van der Waals surface area (Å²) in [6.07, 6.45) is 1.89. The molecule has 0 saturated carbocycles. The molecule has 102 valence electrons. The van der Waals surface area contributed by atoms with Gasteiger partial charge < -0.3 is 10.0 Å². The number of thioether (sulfide) groups is 1. The minimum Gasteiger partial charge on any atom is -0.480 e. The number of nitrogens with zero attached hydrogens (tertiary/aromatic N) is 1. The molecular weight excluding hydrogens is 262 g/mol. The summed E-state index contributed by atoms with van der Waals surface area (Å²) in [5, 5.41) is 8.46. The van der Waals surface area contributed by atoms with Crippen molar-refractivity contribution in [1.29, 1.82) is 0 Å². The van der Waals surface area contributed by atoms with Crippen LogP contribution in [-0.2, 0) is 16.0 Å². The Morgan fingerprint density at radius 3 is 2.79 bits per heavy atom. The number of rotatable bonds is 3. The highest BCUT2D eigenvalue weighted by Crippen LogP contribution is 2.32. The third-order valence-corrected chi connectivity index (χ3v) is 4.29. The van der Waals surface area contributed by atoms with Crippen LogP contribution in [0.3, 0.4) is 0 Å². The van der Waals surface area contributed by atoms with E-state index < -0.39 is 11.2 Å². The van der Waals surface area contributed by atoms with Gasteiger partial charge in [0, 0.05) is 24.1 Å². The maximum Gasteiger partial charge on any atom is 0.316 e. The van der Waals surface area contributed by atoms with E-state index in [4.69, 9.17) is 5.11 Å². The van der Waals surface area contributed by atoms with Crippen molar-refractivity contribution in [2.75, 3.05) is 11.4 Å². The van der Waals surface area contributed by atoms with E-state index in [2.05, 4.69) is 0 Å². The molecular formula is C14H17NO3S. The fraction of sp³-hybridized carbons (Fsp3) is 0.429. The number of amides is 1. The van der Waals surface area contributed by atoms with E-state index in [1.165, 1.54) is 11.8 Å². The van der Waals surface area contributed by atoms with Crippen molar-refractivity contribution in [3.63, 3.8) is 0 Å². The van der Waals surface area contributed by atoms with Crippen LogP contribution >= 0.6 is 11.8 Å². The van der Waals surface area contributed by atoms with Crippen LogP contribution in [-0.4, -0.2) is 28.8 Å². The highest BCUT2D eigenvalue weighted by Gasteiger charge is 2.21. The molecule has 1 N–H and O–H groups in total. The first-order valence-electron chi connectivity index (χ1n) is 6.29. The van der Waals surface area contributed by atoms with Gasteiger partial charge in [-0.3, -0.25) is 9.59 Å². The van der Waals surface area contributed by atoms with Crippen molar-refractivity contribution in [1.82, 2.24) is 0 Å². The number of aliphatic carboxylic acids is 1. The summed E-state index contributed by atoms with van der Waals surface area (Å²) in [5.41, 5.74) is 2.09. The number of carboxylic acid groups (broad SMARTS) is 1. The first-order chi connectivity index (χ1) is 8.99. The third-order valence-electron chi connectivity index (χ3n) is 3.21. The molecule has 1 unspecified atom stereocenters. The zero-order chi connectivity index (χ0) is 14.0. The molecule has 0 bridgehead atoms. The number of hydrogen-bond donors (Lipinski definition) is 1. The number of anilines is 1. The third kappa shape index (κ3) is 3.10. The van der Waals surface area contributed by atoms with E-state index in [0.29, 0.717) is 0 Å². The van der Waals surface area contributed by atoms with Crippen LogP contribution in [0.15, 0.2) is 23.1 Å². The monoisotopic (exact) mass is 279 g/mol. The zero-order valence-corrected chi connectivity index (χ0v) is 11.9. The van der Waals surface area contributed by atoms with Crippen LogP contribution in [0.5, 0.6) is 0 Å². The first kappa shape index (κ1) is 13.9. The van der Waals surface area contributed by atoms with Crippen LogP contribution in [0.4, 0.5) is 5.69 Å². The van der Waals surface area contributed by atoms with Gasteiger partial charge in [0.2, 0.25) is 5.91 Å². The number of hydrogen-bond acceptors (Lipinski definition) is 3. The maximum absolute atomic E-state index is 11.6. The molecule has 0 radical (unpaired) electrons. The highest BCUT2D eigenvalue weighted by molar-refractivity contribution is 8.00. The molecule has 0 aliphatic carbocycles. The van der Waals surface area contributed by atoms with Crippen molar-refractivity contribution in [3.8, 4) is 0 Å². The zero-order valence-electron chi connectivity index (χ0n) is 11.0. The van der Waals surface area contributed by atoms with E-state index >= 15 is 0 Å². The number of carbonyl (C=O) groups is 2. The summed E-state index contributed by atoms with van der Waals surface area (Å²) in [6.45, 7) is 4.01. The lowest BCUT2D eigenvalue weighted by Gasteiger charge is -2.29. The van der Waals surface area contributed by atoms with Crippen LogP contribution in [0.1, 0.15) is 25.8 Å². The number of aryl methyl sites for hydroxylation is 1. The summed E-state index contributed by atoms with van der Waals surface area (Å²) in [6, 6.07) is 5.82. The standard InChI is InChI=1S/C14H17NO3S/c1-9(14(17)18)19-12-5-6-13-11(8-12)4-3-7-15(13)10(2)16/h5-6,8-9H,3-4,7H2,1-2H3,(H,17,18). The summed E-state index contributed by atoms with van der Waals surface area (Å²) in [7, 11) is 0. The van der Waals surface area contributed by atoms with Gasteiger partial charge in [0.1, 0.15) is 5.25 Å². The van der Waals surface area contributed by atoms with Gasteiger partial charge in [-0.05, 0) is 43.5 Å². The Hall–Kier alpha value is -1.49. The van der Waals surface area contributed by atoms with Crippen LogP contribution in [0.2, 0.25) is 0 Å². The minimum absolute atomic E-state index is 0.0558. The second-order valence-electron chi connectivity index (χ2n) is 4.66. The summed E-state index contributed by atoms with van der Waals surface area (Å²) in [4.78, 5) is 25.1. The molecule has 4 nitrogen and oxygen atoms in total. The smallest absolute Gasteiger partial charge is 0.316 e. The van der Waals surface area contributed by atoms with E-state index in [-0.39, 0.29) is 5.91 Å². The summed E-state index contributed by atoms with van der Waals surface area (Å²) >= 11 is 1.33. The molecule has 0 aromatic heterocycles. The van der Waals surface area contributed by atoms with Crippen molar-refractivity contribution >= 4 is 29.3 Å². The average molecular weight is 279 g/mol. The maximum atomic E-state index is 11.6. The Balaban J connectivity index is 2.24. The van der Waals surface area contributed by atoms with Crippen LogP contribution in [0, 0.1) is 0 Å². The molecule has 19 heavy (non-hydrogen) atoms. The number of fused-ring (bicyclic) bond motifs is 1. The quantitative estimate of drug-likeness (QED) is 0.864. The Morgan fingerprint density at radius 2 is 2.16 bits per heavy atom. The number of carbonyl (C=O) groups excluding carboxylic acids is 1. The minimum atomic E-state index is -0.812. The van der Waals surface area contributed by atoms with Crippen LogP contribution < -0.4 is 4.90 Å². The predicted octanol–water partition coefficient (Wildman–Crippen LogP) is 2.55. The molecule has 1 amide bonds. The Bertz CT molecular complexity index is 515. The van der Waals surface area contributed by atoms with Gasteiger partial charge in [-0.25, -0.2) is 0 Å². The first-order valence-corrected chi connectivity index (χ1v) is 7.17. The van der Waals surface area contributed by atoms with Gasteiger partial charge in [-0.15, -0.1) is 11.8 Å². The fourth-order valence-electron chi connectivity index (χ4n) is 2.23. The normalized spacial score (nSPS) is 15.8. The molecule has 0 fully saturated rings. The largest absolute Gasteiger partial charge is 0.480 e. The lowest BCUT2D eigenvalue weighted by Crippen LogP contribution is -2.33. The molecule has 1 aromatic rings. The van der Waals surface area contributed by atoms with Crippen molar-refractivity contribution in [3.05, 3.63) is 23.8 Å². The van der Waals surface area contributed by atoms with Crippen molar-refractivity contribution in [2.45, 2.75) is 36.8 Å². The summed E-state index contributed by atoms with van der Waals surface area (Å²) in [5.74, 6) is -0.756. The lowest BCUT2D eigenvalue weighted by atomic mass is 10.0. The molecule has 5 heteroatoms. The molecule has 1 heterocycles. The van der Waals surface area contributed by atoms with Crippen molar-refractivity contribution < 1.29 is 14.7 Å². The topological polar surface area (TPSA) is 57.6 Å². The average Bonchev–Trinajstić information content (AvgIpc) is 2.37. The Morgan fingerprint density at radius 1 is 1.42 bits per heavy atom. The van der Waals surface area contributed by atoms with E-state index in [1.54, 1.807) is 18.7 Å². The van der Waals surface area contributed by atoms with Gasteiger partial charge >= 0.3 is 5.97 Å². The molecule has 0 saturated heterocycles. The van der Waals surface area contributed by atoms with Gasteiger partial charge in [0.15, 0.2) is 0 Å². The molecule has 1 aliphatic rings. The Kier molecular flexibility index (Phi) is 4.14. The summed E-state index contributed by atoms with van der Waals surface area (Å²) < 4.78 is 0. The highest BCUT2D eigenvalue weighted by atomic mass is 32.2. The van der Waals surface area contributed by atoms with Crippen LogP contribution in [0.25, 0.3) is 0 Å². The Labute approximate surface area is 116 Å². The number of benzene rings is 1. The fourth-order valence-corrected chi connectivity index (χ4v) is 3.09. The van der Waals surface area contributed by atoms with Gasteiger partial charge in [0.05, 0.1) is 0 Å². The van der Waals surface area contributed by atoms with Gasteiger partial charge in [-0.2, -0.15) is 0 Å². The molecule has 1 aromatic carbocycles. The van der Waals surface area contributed by atoms with E-state index in [0.717, 1.165) is 35.5 Å². The van der Waals surface area contributed by atoms with E-state index in [1.807, 2.05) is 18.2 Å². The van der Waals surface area contributed by atoms with Gasteiger partial charge in [-0.1, -0.05) is 0 Å². The SMILES string of the molecule is CC(=O)N1CCCc2cc(SC(C)C(=O)O)ccc21. The van der Waals surface area contributed by atoms with Gasteiger partial charge in [0.25, 0.3) is 0 Å². The van der Waals surface area contributed by atoms with E-state index in [9.17, 15) is 9.59 Å². The second-order valence-corrected chi connectivity index (χ2v) is 6.08. The molecule has 0 spiro atoms. The number of carboxylic acids is 1. The molecule has 1 atom stereocenters. The molecule has 1 aliphatic heterocycles. The molecule has 2 rings (SSSR count). The lowest BCUT2D eigenvalue weighted by molar-refractivity contribution is -0.136. The second kappa shape index (κ2) is 5.65. The van der Waals surface area contributed by atoms with Crippen molar-refractivity contribution in [2.24, 2.45) is 0 Å². The predicted molar refractivity (Wildman–Crippen MR) is 75.7 cm³/mol.